The number of aryl methyl sites for hydroxylation is 1. The lowest BCUT2D eigenvalue weighted by Crippen LogP contribution is -2.42. The Morgan fingerprint density at radius 2 is 2.24 bits per heavy atom. The second-order valence-corrected chi connectivity index (χ2v) is 6.44. The van der Waals surface area contributed by atoms with Crippen molar-refractivity contribution in [3.05, 3.63) is 71.6 Å². The monoisotopic (exact) mass is 335 g/mol. The minimum atomic E-state index is -0.215. The van der Waals surface area contributed by atoms with Gasteiger partial charge < -0.3 is 15.6 Å². The van der Waals surface area contributed by atoms with Gasteiger partial charge in [0.25, 0.3) is 0 Å². The van der Waals surface area contributed by atoms with Crippen LogP contribution in [0.25, 0.3) is 10.9 Å². The van der Waals surface area contributed by atoms with Gasteiger partial charge >= 0.3 is 0 Å². The van der Waals surface area contributed by atoms with Crippen molar-refractivity contribution in [3.63, 3.8) is 0 Å². The zero-order chi connectivity index (χ0) is 17.8. The zero-order valence-electron chi connectivity index (χ0n) is 14.9. The van der Waals surface area contributed by atoms with E-state index >= 15 is 0 Å². The van der Waals surface area contributed by atoms with Crippen molar-refractivity contribution < 1.29 is 4.79 Å². The lowest BCUT2D eigenvalue weighted by Gasteiger charge is -2.16. The first-order chi connectivity index (χ1) is 12.1. The summed E-state index contributed by atoms with van der Waals surface area (Å²) < 4.78 is 0. The number of carbonyl (C=O) groups excluding carboxylic acids is 1. The first-order valence-electron chi connectivity index (χ1n) is 8.72. The summed E-state index contributed by atoms with van der Waals surface area (Å²) in [7, 11) is 0. The van der Waals surface area contributed by atoms with Gasteiger partial charge in [-0.1, -0.05) is 30.9 Å². The van der Waals surface area contributed by atoms with Crippen molar-refractivity contribution in [2.75, 3.05) is 0 Å². The van der Waals surface area contributed by atoms with Crippen molar-refractivity contribution in [2.45, 2.75) is 39.3 Å². The Bertz CT molecular complexity index is 857. The molecule has 1 aliphatic heterocycles. The maximum Gasteiger partial charge on any atom is 0.241 e. The van der Waals surface area contributed by atoms with Crippen LogP contribution in [0, 0.1) is 6.92 Å². The normalized spacial score (nSPS) is 18.6. The fourth-order valence-corrected chi connectivity index (χ4v) is 3.33. The summed E-state index contributed by atoms with van der Waals surface area (Å²) in [5, 5.41) is 7.66. The first-order valence-corrected chi connectivity index (χ1v) is 8.72. The molecule has 1 aromatic heterocycles. The van der Waals surface area contributed by atoms with E-state index in [-0.39, 0.29) is 11.9 Å². The van der Waals surface area contributed by atoms with Crippen LogP contribution in [0.2, 0.25) is 0 Å². The van der Waals surface area contributed by atoms with Crippen LogP contribution in [0.3, 0.4) is 0 Å². The van der Waals surface area contributed by atoms with Crippen molar-refractivity contribution in [2.24, 2.45) is 0 Å². The number of aromatic nitrogens is 1. The molecule has 1 unspecified atom stereocenters. The Hall–Kier alpha value is -2.59. The highest BCUT2D eigenvalue weighted by Gasteiger charge is 2.23. The molecular weight excluding hydrogens is 310 g/mol. The van der Waals surface area contributed by atoms with Crippen molar-refractivity contribution in [1.82, 2.24) is 15.6 Å². The number of hydrogen-bond donors (Lipinski definition) is 3. The van der Waals surface area contributed by atoms with Gasteiger partial charge in [-0.05, 0) is 56.0 Å². The third-order valence-corrected chi connectivity index (χ3v) is 4.63. The Balaban J connectivity index is 1.73. The summed E-state index contributed by atoms with van der Waals surface area (Å²) in [5.74, 6) is 0.0161. The fraction of sp³-hybridized carbons (Fsp3) is 0.286. The lowest BCUT2D eigenvalue weighted by atomic mass is 10.0. The Kier molecular flexibility index (Phi) is 5.19. The number of allylic oxidation sites excluding steroid dienone is 4. The molecule has 3 rings (SSSR count). The van der Waals surface area contributed by atoms with E-state index in [9.17, 15) is 4.79 Å². The average Bonchev–Trinajstić information content (AvgIpc) is 2.91. The molecule has 1 aromatic carbocycles. The van der Waals surface area contributed by atoms with Crippen LogP contribution < -0.4 is 10.6 Å². The molecule has 2 aromatic rings. The van der Waals surface area contributed by atoms with Gasteiger partial charge in [0.05, 0.1) is 6.04 Å². The van der Waals surface area contributed by atoms with Gasteiger partial charge in [-0.15, -0.1) is 0 Å². The first kappa shape index (κ1) is 17.2. The molecule has 1 aliphatic rings. The van der Waals surface area contributed by atoms with Crippen molar-refractivity contribution in [1.29, 1.82) is 0 Å². The molecule has 2 heterocycles. The summed E-state index contributed by atoms with van der Waals surface area (Å²) in [6.07, 6.45) is 7.28. The van der Waals surface area contributed by atoms with E-state index in [1.54, 1.807) is 0 Å². The van der Waals surface area contributed by atoms with Gasteiger partial charge in [-0.2, -0.15) is 0 Å². The highest BCUT2D eigenvalue weighted by atomic mass is 16.2. The minimum absolute atomic E-state index is 0.0161. The molecule has 4 heteroatoms. The molecule has 0 aliphatic carbocycles. The number of benzene rings is 1. The summed E-state index contributed by atoms with van der Waals surface area (Å²) in [4.78, 5) is 15.9. The number of nitrogens with one attached hydrogen (secondary N) is 3. The SMILES string of the molecule is C=CC1=C(/C=C\C)NC(=O)C(NCc2cccc3[nH]c(C)cc23)CC1. The molecule has 0 bridgehead atoms. The maximum absolute atomic E-state index is 12.6. The Labute approximate surface area is 148 Å². The van der Waals surface area contributed by atoms with E-state index in [0.717, 1.165) is 35.3 Å². The third kappa shape index (κ3) is 3.74. The smallest absolute Gasteiger partial charge is 0.241 e. The highest BCUT2D eigenvalue weighted by Crippen LogP contribution is 2.21. The number of fused-ring (bicyclic) bond motifs is 1. The number of amides is 1. The highest BCUT2D eigenvalue weighted by molar-refractivity contribution is 5.85. The van der Waals surface area contributed by atoms with Crippen LogP contribution in [0.1, 0.15) is 31.0 Å². The average molecular weight is 335 g/mol. The van der Waals surface area contributed by atoms with E-state index in [4.69, 9.17) is 0 Å². The molecule has 3 N–H and O–H groups in total. The quantitative estimate of drug-likeness (QED) is 0.777. The van der Waals surface area contributed by atoms with Gasteiger partial charge in [0.1, 0.15) is 0 Å². The van der Waals surface area contributed by atoms with Crippen LogP contribution in [-0.4, -0.2) is 16.9 Å². The predicted molar refractivity (Wildman–Crippen MR) is 103 cm³/mol. The molecule has 0 saturated heterocycles. The van der Waals surface area contributed by atoms with Gasteiger partial charge in [0.15, 0.2) is 0 Å². The van der Waals surface area contributed by atoms with E-state index in [0.29, 0.717) is 6.54 Å². The fourth-order valence-electron chi connectivity index (χ4n) is 3.33. The summed E-state index contributed by atoms with van der Waals surface area (Å²) >= 11 is 0. The number of aromatic amines is 1. The predicted octanol–water partition coefficient (Wildman–Crippen LogP) is 3.86. The molecule has 0 fully saturated rings. The van der Waals surface area contributed by atoms with Crippen LogP contribution in [0.15, 0.2) is 60.3 Å². The van der Waals surface area contributed by atoms with Gasteiger partial charge in [-0.25, -0.2) is 0 Å². The van der Waals surface area contributed by atoms with E-state index in [2.05, 4.69) is 47.3 Å². The summed E-state index contributed by atoms with van der Waals surface area (Å²) in [5.41, 5.74) is 5.41. The van der Waals surface area contributed by atoms with Crippen molar-refractivity contribution >= 4 is 16.8 Å². The summed E-state index contributed by atoms with van der Waals surface area (Å²) in [6.45, 7) is 8.53. The van der Waals surface area contributed by atoms with Crippen LogP contribution in [-0.2, 0) is 11.3 Å². The number of hydrogen-bond acceptors (Lipinski definition) is 2. The molecule has 25 heavy (non-hydrogen) atoms. The topological polar surface area (TPSA) is 56.9 Å². The van der Waals surface area contributed by atoms with E-state index in [1.165, 1.54) is 10.9 Å². The largest absolute Gasteiger partial charge is 0.359 e. The molecule has 1 amide bonds. The molecular formula is C21H25N3O. The van der Waals surface area contributed by atoms with Gasteiger partial charge in [0, 0.05) is 28.8 Å². The third-order valence-electron chi connectivity index (χ3n) is 4.63. The van der Waals surface area contributed by atoms with Gasteiger partial charge in [-0.3, -0.25) is 4.79 Å². The molecule has 0 spiro atoms. The summed E-state index contributed by atoms with van der Waals surface area (Å²) in [6, 6.07) is 8.17. The molecule has 130 valence electrons. The molecule has 1 atom stereocenters. The Morgan fingerprint density at radius 1 is 1.40 bits per heavy atom. The molecule has 4 nitrogen and oxygen atoms in total. The Morgan fingerprint density at radius 3 is 3.00 bits per heavy atom. The van der Waals surface area contributed by atoms with E-state index < -0.39 is 0 Å². The maximum atomic E-state index is 12.6. The molecule has 0 saturated carbocycles. The minimum Gasteiger partial charge on any atom is -0.359 e. The standard InChI is InChI=1S/C21H25N3O/c1-4-7-18-15(5-2)10-11-20(21(25)24-18)22-13-16-8-6-9-19-17(16)12-14(3)23-19/h4-9,12,20,22-23H,2,10-11,13H2,1,3H3,(H,24,25)/b7-4-. The lowest BCUT2D eigenvalue weighted by molar-refractivity contribution is -0.122. The molecule has 0 radical (unpaired) electrons. The van der Waals surface area contributed by atoms with Crippen LogP contribution in [0.4, 0.5) is 0 Å². The van der Waals surface area contributed by atoms with Gasteiger partial charge in [0.2, 0.25) is 5.91 Å². The second-order valence-electron chi connectivity index (χ2n) is 6.44. The van der Waals surface area contributed by atoms with E-state index in [1.807, 2.05) is 31.2 Å². The number of rotatable bonds is 5. The number of carbonyl (C=O) groups is 1. The van der Waals surface area contributed by atoms with Crippen LogP contribution >= 0.6 is 0 Å². The van der Waals surface area contributed by atoms with Crippen LogP contribution in [0.5, 0.6) is 0 Å². The second kappa shape index (κ2) is 7.53. The van der Waals surface area contributed by atoms with Crippen molar-refractivity contribution in [3.8, 4) is 0 Å². The number of H-pyrrole nitrogens is 1. The zero-order valence-corrected chi connectivity index (χ0v) is 14.9.